The molecule has 0 aliphatic carbocycles. The Morgan fingerprint density at radius 1 is 1.70 bits per heavy atom. The van der Waals surface area contributed by atoms with Gasteiger partial charge in [0.1, 0.15) is 11.5 Å². The van der Waals surface area contributed by atoms with E-state index in [1.807, 2.05) is 0 Å². The van der Waals surface area contributed by atoms with Crippen LogP contribution in [-0.2, 0) is 0 Å². The Morgan fingerprint density at radius 3 is 2.80 bits per heavy atom. The average Bonchev–Trinajstić information content (AvgIpc) is 1.88. The fraction of sp³-hybridized carbons (Fsp3) is 0. The van der Waals surface area contributed by atoms with Crippen LogP contribution in [0.15, 0.2) is 18.3 Å². The molecule has 0 unspecified atom stereocenters. The van der Waals surface area contributed by atoms with Crippen LogP contribution in [0.5, 0.6) is 0 Å². The van der Waals surface area contributed by atoms with Crippen molar-refractivity contribution >= 4 is 17.4 Å². The lowest BCUT2D eigenvalue weighted by Gasteiger charge is -1.94. The lowest BCUT2D eigenvalue weighted by molar-refractivity contribution is 1.26. The molecule has 0 fully saturated rings. The van der Waals surface area contributed by atoms with Crippen LogP contribution in [0.25, 0.3) is 0 Å². The molecule has 1 rings (SSSR count). The molecule has 3 N–H and O–H groups in total. The second-order valence-electron chi connectivity index (χ2n) is 1.77. The van der Waals surface area contributed by atoms with Crippen LogP contribution in [0.4, 0.5) is 0 Å². The topological polar surface area (TPSA) is 62.8 Å². The fourth-order valence-corrected chi connectivity index (χ4v) is 0.712. The molecule has 0 radical (unpaired) electrons. The number of halogens is 1. The van der Waals surface area contributed by atoms with Crippen molar-refractivity contribution in [3.8, 4) is 0 Å². The summed E-state index contributed by atoms with van der Waals surface area (Å²) in [4.78, 5) is 3.81. The van der Waals surface area contributed by atoms with Gasteiger partial charge in [0.2, 0.25) is 0 Å². The van der Waals surface area contributed by atoms with E-state index in [-0.39, 0.29) is 5.84 Å². The van der Waals surface area contributed by atoms with Crippen molar-refractivity contribution in [2.24, 2.45) is 5.73 Å². The van der Waals surface area contributed by atoms with Gasteiger partial charge in [0.05, 0.1) is 0 Å². The first kappa shape index (κ1) is 7.02. The Bertz CT molecular complexity index is 259. The van der Waals surface area contributed by atoms with E-state index in [4.69, 9.17) is 22.7 Å². The Labute approximate surface area is 63.3 Å². The quantitative estimate of drug-likeness (QED) is 0.470. The van der Waals surface area contributed by atoms with Crippen LogP contribution in [0.2, 0.25) is 5.02 Å². The zero-order chi connectivity index (χ0) is 7.56. The normalized spacial score (nSPS) is 9.30. The molecule has 0 atom stereocenters. The van der Waals surface area contributed by atoms with E-state index in [0.29, 0.717) is 10.7 Å². The van der Waals surface area contributed by atoms with E-state index in [0.717, 1.165) is 0 Å². The summed E-state index contributed by atoms with van der Waals surface area (Å²) in [6.07, 6.45) is 1.51. The van der Waals surface area contributed by atoms with E-state index in [9.17, 15) is 0 Å². The number of nitrogens with two attached hydrogens (primary N) is 1. The summed E-state index contributed by atoms with van der Waals surface area (Å²) in [5.74, 6) is -0.0671. The number of rotatable bonds is 1. The zero-order valence-corrected chi connectivity index (χ0v) is 5.89. The minimum Gasteiger partial charge on any atom is -0.382 e. The second kappa shape index (κ2) is 2.66. The van der Waals surface area contributed by atoms with Crippen molar-refractivity contribution in [1.82, 2.24) is 4.98 Å². The minimum atomic E-state index is -0.0671. The van der Waals surface area contributed by atoms with E-state index in [2.05, 4.69) is 4.98 Å². The summed E-state index contributed by atoms with van der Waals surface area (Å²) in [5, 5.41) is 7.53. The number of pyridine rings is 1. The Balaban J connectivity index is 3.07. The lowest BCUT2D eigenvalue weighted by atomic mass is 10.3. The molecular formula is C6H6ClN3. The van der Waals surface area contributed by atoms with Crippen LogP contribution in [0.3, 0.4) is 0 Å². The standard InChI is InChI=1S/C6H6ClN3/c7-4-1-2-10-5(3-4)6(8)9/h1-3H,(H3,8,9). The molecule has 4 heteroatoms. The zero-order valence-electron chi connectivity index (χ0n) is 5.13. The van der Waals surface area contributed by atoms with Gasteiger partial charge in [-0.2, -0.15) is 0 Å². The van der Waals surface area contributed by atoms with Crippen LogP contribution < -0.4 is 5.73 Å². The van der Waals surface area contributed by atoms with E-state index >= 15 is 0 Å². The van der Waals surface area contributed by atoms with Gasteiger partial charge in [-0.25, -0.2) is 0 Å². The molecule has 0 aliphatic rings. The van der Waals surface area contributed by atoms with Crippen molar-refractivity contribution in [3.63, 3.8) is 0 Å². The third-order valence-electron chi connectivity index (χ3n) is 0.998. The number of nitrogens with zero attached hydrogens (tertiary/aromatic N) is 1. The maximum atomic E-state index is 6.99. The van der Waals surface area contributed by atoms with Gasteiger partial charge in [-0.15, -0.1) is 0 Å². The molecule has 0 aliphatic heterocycles. The van der Waals surface area contributed by atoms with Gasteiger partial charge in [-0.1, -0.05) is 11.6 Å². The largest absolute Gasteiger partial charge is 0.382 e. The molecule has 1 heterocycles. The van der Waals surface area contributed by atoms with Gasteiger partial charge in [0, 0.05) is 11.2 Å². The summed E-state index contributed by atoms with van der Waals surface area (Å²) >= 11 is 5.60. The van der Waals surface area contributed by atoms with Gasteiger partial charge in [-0.3, -0.25) is 10.4 Å². The Hall–Kier alpha value is -1.09. The summed E-state index contributed by atoms with van der Waals surface area (Å²) < 4.78 is 0. The number of aromatic nitrogens is 1. The predicted molar refractivity (Wildman–Crippen MR) is 40.3 cm³/mol. The molecular weight excluding hydrogens is 150 g/mol. The summed E-state index contributed by atoms with van der Waals surface area (Å²) in [6, 6.07) is 3.18. The smallest absolute Gasteiger partial charge is 0.141 e. The van der Waals surface area contributed by atoms with Gasteiger partial charge in [0.15, 0.2) is 0 Å². The molecule has 0 saturated carbocycles. The molecule has 10 heavy (non-hydrogen) atoms. The molecule has 0 aromatic carbocycles. The van der Waals surface area contributed by atoms with Crippen LogP contribution in [0.1, 0.15) is 5.69 Å². The van der Waals surface area contributed by atoms with Gasteiger partial charge in [0.25, 0.3) is 0 Å². The number of hydrogen-bond donors (Lipinski definition) is 2. The monoisotopic (exact) mass is 155 g/mol. The van der Waals surface area contributed by atoms with Crippen molar-refractivity contribution in [3.05, 3.63) is 29.0 Å². The molecule has 52 valence electrons. The highest BCUT2D eigenvalue weighted by Gasteiger charge is 1.96. The number of nitrogen functional groups attached to an aromatic ring is 1. The summed E-state index contributed by atoms with van der Waals surface area (Å²) in [6.45, 7) is 0. The fourth-order valence-electron chi connectivity index (χ4n) is 0.552. The average molecular weight is 156 g/mol. The van der Waals surface area contributed by atoms with Crippen LogP contribution in [-0.4, -0.2) is 10.8 Å². The van der Waals surface area contributed by atoms with E-state index in [1.165, 1.54) is 6.20 Å². The van der Waals surface area contributed by atoms with Crippen LogP contribution >= 0.6 is 11.6 Å². The van der Waals surface area contributed by atoms with Gasteiger partial charge in [-0.05, 0) is 12.1 Å². The first-order chi connectivity index (χ1) is 4.70. The first-order valence-electron chi connectivity index (χ1n) is 2.66. The molecule has 0 saturated heterocycles. The van der Waals surface area contributed by atoms with E-state index < -0.39 is 0 Å². The van der Waals surface area contributed by atoms with Crippen molar-refractivity contribution in [1.29, 1.82) is 5.41 Å². The molecule has 0 amide bonds. The summed E-state index contributed by atoms with van der Waals surface area (Å²) in [7, 11) is 0. The number of nitrogens with one attached hydrogen (secondary N) is 1. The number of amidine groups is 1. The van der Waals surface area contributed by atoms with Crippen molar-refractivity contribution in [2.45, 2.75) is 0 Å². The highest BCUT2D eigenvalue weighted by Crippen LogP contribution is 2.06. The molecule has 0 bridgehead atoms. The third kappa shape index (κ3) is 1.45. The number of hydrogen-bond acceptors (Lipinski definition) is 2. The van der Waals surface area contributed by atoms with Crippen molar-refractivity contribution < 1.29 is 0 Å². The minimum absolute atomic E-state index is 0.0671. The SMILES string of the molecule is N=C(N)c1cc(Cl)ccn1. The molecule has 0 spiro atoms. The lowest BCUT2D eigenvalue weighted by Crippen LogP contribution is -2.12. The van der Waals surface area contributed by atoms with Gasteiger partial charge >= 0.3 is 0 Å². The van der Waals surface area contributed by atoms with Crippen molar-refractivity contribution in [2.75, 3.05) is 0 Å². The molecule has 3 nitrogen and oxygen atoms in total. The second-order valence-corrected chi connectivity index (χ2v) is 2.21. The predicted octanol–water partition coefficient (Wildman–Crippen LogP) is 1.02. The third-order valence-corrected chi connectivity index (χ3v) is 1.23. The highest BCUT2D eigenvalue weighted by atomic mass is 35.5. The maximum absolute atomic E-state index is 6.99. The van der Waals surface area contributed by atoms with Crippen LogP contribution in [0, 0.1) is 5.41 Å². The molecule has 1 aromatic rings. The Morgan fingerprint density at radius 2 is 2.40 bits per heavy atom. The first-order valence-corrected chi connectivity index (χ1v) is 3.04. The Kier molecular flexibility index (Phi) is 1.87. The van der Waals surface area contributed by atoms with Gasteiger partial charge < -0.3 is 5.73 Å². The van der Waals surface area contributed by atoms with E-state index in [1.54, 1.807) is 12.1 Å². The highest BCUT2D eigenvalue weighted by molar-refractivity contribution is 6.30. The molecule has 1 aromatic heterocycles. The summed E-state index contributed by atoms with van der Waals surface area (Å²) in [5.41, 5.74) is 5.55. The maximum Gasteiger partial charge on any atom is 0.141 e.